The molecule has 0 spiro atoms. The molecule has 3 aromatic heterocycles. The number of anilines is 1. The maximum Gasteiger partial charge on any atom is 0.223 e. The highest BCUT2D eigenvalue weighted by molar-refractivity contribution is 5.64. The molecule has 2 aliphatic rings. The van der Waals surface area contributed by atoms with Crippen LogP contribution in [0, 0.1) is 17.0 Å². The van der Waals surface area contributed by atoms with E-state index in [1.165, 1.54) is 24.5 Å². The number of hydrogen-bond acceptors (Lipinski definition) is 7. The number of halogens is 2. The molecule has 8 nitrogen and oxygen atoms in total. The molecular formula is C24H22F2N8. The molecule has 1 aromatic carbocycles. The van der Waals surface area contributed by atoms with Crippen LogP contribution in [0.15, 0.2) is 42.9 Å². The van der Waals surface area contributed by atoms with Gasteiger partial charge in [0.05, 0.1) is 34.6 Å². The van der Waals surface area contributed by atoms with Gasteiger partial charge in [-0.25, -0.2) is 18.7 Å². The van der Waals surface area contributed by atoms with Crippen LogP contribution in [0.5, 0.6) is 0 Å². The minimum atomic E-state index is -0.648. The first kappa shape index (κ1) is 20.8. The average molecular weight is 460 g/mol. The summed E-state index contributed by atoms with van der Waals surface area (Å²) in [6.07, 6.45) is 5.04. The summed E-state index contributed by atoms with van der Waals surface area (Å²) < 4.78 is 28.9. The summed E-state index contributed by atoms with van der Waals surface area (Å²) in [7, 11) is 0. The number of H-pyrrole nitrogens is 1. The van der Waals surface area contributed by atoms with Gasteiger partial charge in [0, 0.05) is 6.20 Å². The van der Waals surface area contributed by atoms with Gasteiger partial charge in [-0.05, 0) is 54.0 Å². The summed E-state index contributed by atoms with van der Waals surface area (Å²) in [6.45, 7) is 4.83. The van der Waals surface area contributed by atoms with Crippen molar-refractivity contribution in [2.24, 2.45) is 5.41 Å². The topological polar surface area (TPSA) is 105 Å². The third-order valence-electron chi connectivity index (χ3n) is 7.58. The van der Waals surface area contributed by atoms with E-state index in [0.29, 0.717) is 18.3 Å². The standard InChI is InChI=1S/C24H22F2N8/c1-23(2)14-6-8-24(23,18-7-9-27-22(31-18)28-11-19-29-12-30-33-19)21-13(14)10-17(32-34-21)20-15(25)4-3-5-16(20)26/h3-5,7,9-10,12,14H,6,8,11H2,1-2H3,(H,27,28,31)(H,29,30,33)/t14-,24-/m0/s1. The number of nitrogens with one attached hydrogen (secondary N) is 2. The smallest absolute Gasteiger partial charge is 0.223 e. The average Bonchev–Trinajstić information content (AvgIpc) is 3.49. The lowest BCUT2D eigenvalue weighted by Crippen LogP contribution is -2.38. The van der Waals surface area contributed by atoms with E-state index in [0.717, 1.165) is 29.8 Å². The van der Waals surface area contributed by atoms with E-state index in [2.05, 4.69) is 49.5 Å². The van der Waals surface area contributed by atoms with Gasteiger partial charge in [0.1, 0.15) is 23.8 Å². The SMILES string of the molecule is CC1(C)[C@H]2CC[C@]1(c1ccnc(NCc3nnc[nH]3)n1)c1nnc(-c3c(F)cccc3F)cc12. The zero-order chi connectivity index (χ0) is 23.5. The zero-order valence-corrected chi connectivity index (χ0v) is 18.7. The Morgan fingerprint density at radius 2 is 1.94 bits per heavy atom. The van der Waals surface area contributed by atoms with Crippen molar-refractivity contribution >= 4 is 5.95 Å². The van der Waals surface area contributed by atoms with Crippen molar-refractivity contribution < 1.29 is 8.78 Å². The van der Waals surface area contributed by atoms with Gasteiger partial charge < -0.3 is 10.3 Å². The largest absolute Gasteiger partial charge is 0.347 e. The summed E-state index contributed by atoms with van der Waals surface area (Å²) >= 11 is 0. The van der Waals surface area contributed by atoms with E-state index >= 15 is 0 Å². The van der Waals surface area contributed by atoms with Crippen molar-refractivity contribution in [1.29, 1.82) is 0 Å². The van der Waals surface area contributed by atoms with E-state index < -0.39 is 17.0 Å². The van der Waals surface area contributed by atoms with Crippen molar-refractivity contribution in [3.63, 3.8) is 0 Å². The summed E-state index contributed by atoms with van der Waals surface area (Å²) in [4.78, 5) is 12.2. The monoisotopic (exact) mass is 460 g/mol. The minimum Gasteiger partial charge on any atom is -0.347 e. The Kier molecular flexibility index (Phi) is 4.48. The highest BCUT2D eigenvalue weighted by Gasteiger charge is 2.65. The van der Waals surface area contributed by atoms with Crippen molar-refractivity contribution in [1.82, 2.24) is 35.3 Å². The molecule has 2 N–H and O–H groups in total. The fourth-order valence-electron chi connectivity index (χ4n) is 5.92. The van der Waals surface area contributed by atoms with Crippen LogP contribution in [-0.2, 0) is 12.0 Å². The zero-order valence-electron chi connectivity index (χ0n) is 18.7. The Morgan fingerprint density at radius 3 is 2.71 bits per heavy atom. The maximum atomic E-state index is 14.4. The second-order valence-electron chi connectivity index (χ2n) is 9.40. The molecule has 1 saturated carbocycles. The van der Waals surface area contributed by atoms with Gasteiger partial charge >= 0.3 is 0 Å². The lowest BCUT2D eigenvalue weighted by atomic mass is 9.66. The highest BCUT2D eigenvalue weighted by Crippen LogP contribution is 2.69. The molecule has 0 unspecified atom stereocenters. The highest BCUT2D eigenvalue weighted by atomic mass is 19.1. The van der Waals surface area contributed by atoms with Crippen molar-refractivity contribution in [3.8, 4) is 11.3 Å². The van der Waals surface area contributed by atoms with Gasteiger partial charge in [-0.2, -0.15) is 5.10 Å². The van der Waals surface area contributed by atoms with Crippen LogP contribution >= 0.6 is 0 Å². The van der Waals surface area contributed by atoms with Crippen LogP contribution in [-0.4, -0.2) is 35.3 Å². The van der Waals surface area contributed by atoms with Crippen molar-refractivity contribution in [2.45, 2.75) is 44.6 Å². The van der Waals surface area contributed by atoms with Crippen LogP contribution in [0.25, 0.3) is 11.3 Å². The van der Waals surface area contributed by atoms with Gasteiger partial charge in [-0.1, -0.05) is 19.9 Å². The predicted octanol–water partition coefficient (Wildman–Crippen LogP) is 4.15. The van der Waals surface area contributed by atoms with Crippen LogP contribution in [0.2, 0.25) is 0 Å². The lowest BCUT2D eigenvalue weighted by Gasteiger charge is -2.37. The first-order valence-corrected chi connectivity index (χ1v) is 11.2. The molecule has 172 valence electrons. The summed E-state index contributed by atoms with van der Waals surface area (Å²) in [5.41, 5.74) is 2.05. The normalized spacial score (nSPS) is 22.1. The molecule has 0 amide bonds. The van der Waals surface area contributed by atoms with E-state index in [1.807, 2.05) is 6.07 Å². The number of fused-ring (bicyclic) bond motifs is 5. The molecule has 2 atom stereocenters. The van der Waals surface area contributed by atoms with E-state index in [-0.39, 0.29) is 22.6 Å². The molecule has 0 aliphatic heterocycles. The molecule has 0 saturated heterocycles. The fourth-order valence-corrected chi connectivity index (χ4v) is 5.92. The van der Waals surface area contributed by atoms with Crippen LogP contribution in [0.3, 0.4) is 0 Å². The van der Waals surface area contributed by atoms with Crippen molar-refractivity contribution in [2.75, 3.05) is 5.32 Å². The summed E-state index contributed by atoms with van der Waals surface area (Å²) in [6, 6.07) is 7.54. The molecule has 34 heavy (non-hydrogen) atoms. The van der Waals surface area contributed by atoms with Gasteiger partial charge in [0.15, 0.2) is 0 Å². The Bertz CT molecular complexity index is 1370. The molecular weight excluding hydrogens is 438 g/mol. The lowest BCUT2D eigenvalue weighted by molar-refractivity contribution is 0.243. The van der Waals surface area contributed by atoms with Crippen LogP contribution in [0.1, 0.15) is 55.4 Å². The minimum absolute atomic E-state index is 0.145. The fraction of sp³-hybridized carbons (Fsp3) is 0.333. The molecule has 6 rings (SSSR count). The number of hydrogen-bond donors (Lipinski definition) is 2. The predicted molar refractivity (Wildman–Crippen MR) is 120 cm³/mol. The maximum absolute atomic E-state index is 14.4. The quantitative estimate of drug-likeness (QED) is 0.461. The van der Waals surface area contributed by atoms with Gasteiger partial charge in [-0.15, -0.1) is 15.3 Å². The number of aromatic nitrogens is 7. The van der Waals surface area contributed by atoms with E-state index in [9.17, 15) is 8.78 Å². The number of nitrogens with zero attached hydrogens (tertiary/aromatic N) is 6. The second-order valence-corrected chi connectivity index (χ2v) is 9.40. The number of rotatable bonds is 5. The molecule has 0 radical (unpaired) electrons. The summed E-state index contributed by atoms with van der Waals surface area (Å²) in [5, 5.41) is 19.8. The first-order chi connectivity index (χ1) is 16.4. The third-order valence-corrected chi connectivity index (χ3v) is 7.58. The molecule has 4 aromatic rings. The van der Waals surface area contributed by atoms with Gasteiger partial charge in [0.2, 0.25) is 5.95 Å². The Morgan fingerprint density at radius 1 is 1.12 bits per heavy atom. The Labute approximate surface area is 194 Å². The van der Waals surface area contributed by atoms with E-state index in [4.69, 9.17) is 4.98 Å². The molecule has 10 heteroatoms. The summed E-state index contributed by atoms with van der Waals surface area (Å²) in [5.74, 6) is 0.0360. The number of aromatic amines is 1. The van der Waals surface area contributed by atoms with Crippen molar-refractivity contribution in [3.05, 3.63) is 77.3 Å². The number of benzene rings is 1. The molecule has 1 fully saturated rings. The van der Waals surface area contributed by atoms with Gasteiger partial charge in [0.25, 0.3) is 0 Å². The first-order valence-electron chi connectivity index (χ1n) is 11.2. The molecule has 2 bridgehead atoms. The molecule has 3 heterocycles. The van der Waals surface area contributed by atoms with E-state index in [1.54, 1.807) is 12.3 Å². The third kappa shape index (κ3) is 2.80. The Balaban J connectivity index is 1.43. The van der Waals surface area contributed by atoms with Crippen LogP contribution in [0.4, 0.5) is 14.7 Å². The van der Waals surface area contributed by atoms with Crippen LogP contribution < -0.4 is 5.32 Å². The Hall–Kier alpha value is -3.82. The second kappa shape index (κ2) is 7.34. The molecule has 2 aliphatic carbocycles. The van der Waals surface area contributed by atoms with Gasteiger partial charge in [-0.3, -0.25) is 0 Å².